The van der Waals surface area contributed by atoms with Gasteiger partial charge >= 0.3 is 5.97 Å². The first kappa shape index (κ1) is 18.0. The van der Waals surface area contributed by atoms with E-state index >= 15 is 0 Å². The molecule has 0 radical (unpaired) electrons. The lowest BCUT2D eigenvalue weighted by Crippen LogP contribution is -2.45. The summed E-state index contributed by atoms with van der Waals surface area (Å²) in [5, 5.41) is 13.9. The number of rotatable bonds is 5. The number of hydrogen-bond donors (Lipinski definition) is 1. The second kappa shape index (κ2) is 8.07. The summed E-state index contributed by atoms with van der Waals surface area (Å²) >= 11 is 0. The van der Waals surface area contributed by atoms with Gasteiger partial charge in [0.05, 0.1) is 11.3 Å². The van der Waals surface area contributed by atoms with E-state index in [4.69, 9.17) is 4.74 Å². The Kier molecular flexibility index (Phi) is 5.60. The summed E-state index contributed by atoms with van der Waals surface area (Å²) in [4.78, 5) is 24.6. The topological polar surface area (TPSA) is 99.0 Å². The molecule has 1 aliphatic rings. The molecule has 3 rings (SSSR count). The number of ether oxygens (including phenoxy) is 1. The van der Waals surface area contributed by atoms with E-state index in [0.29, 0.717) is 11.5 Å². The van der Waals surface area contributed by atoms with Gasteiger partial charge in [-0.05, 0) is 60.4 Å². The van der Waals surface area contributed by atoms with E-state index in [2.05, 4.69) is 27.8 Å². The van der Waals surface area contributed by atoms with Gasteiger partial charge in [0.2, 0.25) is 0 Å². The first-order chi connectivity index (χ1) is 12.5. The number of hydrogen-bond acceptors (Lipinski definition) is 6. The van der Waals surface area contributed by atoms with Gasteiger partial charge in [-0.1, -0.05) is 19.8 Å². The van der Waals surface area contributed by atoms with Crippen molar-refractivity contribution in [2.45, 2.75) is 51.7 Å². The number of carbonyl (C=O) groups is 2. The zero-order valence-corrected chi connectivity index (χ0v) is 15.0. The highest BCUT2D eigenvalue weighted by atomic mass is 16.5. The molecule has 26 heavy (non-hydrogen) atoms. The van der Waals surface area contributed by atoms with Crippen molar-refractivity contribution in [3.8, 4) is 5.69 Å². The summed E-state index contributed by atoms with van der Waals surface area (Å²) in [5.41, 5.74) is 1.09. The smallest absolute Gasteiger partial charge is 0.338 e. The Morgan fingerprint density at radius 2 is 1.96 bits per heavy atom. The summed E-state index contributed by atoms with van der Waals surface area (Å²) in [5.74, 6) is -0.329. The average molecular weight is 357 g/mol. The van der Waals surface area contributed by atoms with E-state index in [0.717, 1.165) is 24.9 Å². The molecule has 0 unspecified atom stereocenters. The van der Waals surface area contributed by atoms with E-state index in [9.17, 15) is 9.59 Å². The van der Waals surface area contributed by atoms with Crippen LogP contribution in [0.1, 0.15) is 49.9 Å². The Balaban J connectivity index is 1.55. The Morgan fingerprint density at radius 3 is 2.62 bits per heavy atom. The Hall–Kier alpha value is -2.77. The van der Waals surface area contributed by atoms with Crippen molar-refractivity contribution >= 4 is 11.9 Å². The van der Waals surface area contributed by atoms with Gasteiger partial charge in [-0.25, -0.2) is 9.48 Å². The fourth-order valence-electron chi connectivity index (χ4n) is 3.14. The molecule has 138 valence electrons. The van der Waals surface area contributed by atoms with Crippen molar-refractivity contribution in [1.82, 2.24) is 25.5 Å². The van der Waals surface area contributed by atoms with Crippen LogP contribution in [0.3, 0.4) is 0 Å². The molecular formula is C18H23N5O3. The zero-order valence-electron chi connectivity index (χ0n) is 15.0. The number of aromatic nitrogens is 4. The van der Waals surface area contributed by atoms with Crippen LogP contribution in [0.5, 0.6) is 0 Å². The molecule has 1 saturated carbocycles. The standard InChI is InChI=1S/C18H23N5O3/c1-12-5-3-4-6-16(12)20-17(24)13(2)26-18(25)14-7-9-15(10-8-14)23-11-19-21-22-23/h7-13,16H,3-6H2,1-2H3,(H,20,24)/t12-,13+,16+/m0/s1. The van der Waals surface area contributed by atoms with Gasteiger partial charge < -0.3 is 10.1 Å². The maximum atomic E-state index is 12.3. The summed E-state index contributed by atoms with van der Waals surface area (Å²) in [6, 6.07) is 6.82. The van der Waals surface area contributed by atoms with Crippen LogP contribution in [-0.2, 0) is 9.53 Å². The van der Waals surface area contributed by atoms with Crippen LogP contribution in [0.25, 0.3) is 5.69 Å². The van der Waals surface area contributed by atoms with Gasteiger partial charge in [0.15, 0.2) is 6.10 Å². The van der Waals surface area contributed by atoms with Crippen LogP contribution in [-0.4, -0.2) is 44.2 Å². The van der Waals surface area contributed by atoms with Crippen LogP contribution in [0.2, 0.25) is 0 Å². The Bertz CT molecular complexity index is 745. The first-order valence-corrected chi connectivity index (χ1v) is 8.89. The average Bonchev–Trinajstić information content (AvgIpc) is 3.18. The van der Waals surface area contributed by atoms with Crippen LogP contribution < -0.4 is 5.32 Å². The third kappa shape index (κ3) is 4.25. The normalized spacial score (nSPS) is 21.0. The fourth-order valence-corrected chi connectivity index (χ4v) is 3.14. The summed E-state index contributed by atoms with van der Waals surface area (Å²) in [7, 11) is 0. The minimum Gasteiger partial charge on any atom is -0.449 e. The molecule has 8 nitrogen and oxygen atoms in total. The fraction of sp³-hybridized carbons (Fsp3) is 0.500. The number of amides is 1. The number of benzene rings is 1. The Labute approximate surface area is 151 Å². The van der Waals surface area contributed by atoms with Crippen LogP contribution in [0.4, 0.5) is 0 Å². The number of nitrogens with zero attached hydrogens (tertiary/aromatic N) is 4. The third-order valence-corrected chi connectivity index (χ3v) is 4.81. The SMILES string of the molecule is C[C@@H](OC(=O)c1ccc(-n2cnnn2)cc1)C(=O)N[C@@H]1CCCC[C@@H]1C. The van der Waals surface area contributed by atoms with Crippen LogP contribution in [0.15, 0.2) is 30.6 Å². The number of carbonyl (C=O) groups excluding carboxylic acids is 2. The van der Waals surface area contributed by atoms with Gasteiger partial charge in [0.25, 0.3) is 5.91 Å². The molecule has 0 bridgehead atoms. The van der Waals surface area contributed by atoms with Gasteiger partial charge in [-0.3, -0.25) is 4.79 Å². The van der Waals surface area contributed by atoms with Crippen molar-refractivity contribution < 1.29 is 14.3 Å². The van der Waals surface area contributed by atoms with Crippen molar-refractivity contribution in [2.75, 3.05) is 0 Å². The molecular weight excluding hydrogens is 334 g/mol. The summed E-state index contributed by atoms with van der Waals surface area (Å²) in [6.07, 6.45) is 5.05. The van der Waals surface area contributed by atoms with Crippen molar-refractivity contribution in [3.63, 3.8) is 0 Å². The lowest BCUT2D eigenvalue weighted by Gasteiger charge is -2.30. The molecule has 0 spiro atoms. The molecule has 1 aromatic carbocycles. The minimum atomic E-state index is -0.837. The quantitative estimate of drug-likeness (QED) is 0.821. The highest BCUT2D eigenvalue weighted by molar-refractivity contribution is 5.92. The van der Waals surface area contributed by atoms with Crippen molar-refractivity contribution in [1.29, 1.82) is 0 Å². The lowest BCUT2D eigenvalue weighted by atomic mass is 9.86. The molecule has 1 fully saturated rings. The number of tetrazole rings is 1. The molecule has 3 atom stereocenters. The monoisotopic (exact) mass is 357 g/mol. The molecule has 0 saturated heterocycles. The van der Waals surface area contributed by atoms with Gasteiger partial charge in [-0.2, -0.15) is 0 Å². The van der Waals surface area contributed by atoms with E-state index in [-0.39, 0.29) is 11.9 Å². The maximum Gasteiger partial charge on any atom is 0.338 e. The number of nitrogens with one attached hydrogen (secondary N) is 1. The summed E-state index contributed by atoms with van der Waals surface area (Å²) < 4.78 is 6.79. The molecule has 8 heteroatoms. The highest BCUT2D eigenvalue weighted by Crippen LogP contribution is 2.23. The predicted molar refractivity (Wildman–Crippen MR) is 93.6 cm³/mol. The molecule has 1 N–H and O–H groups in total. The molecule has 1 aromatic heterocycles. The third-order valence-electron chi connectivity index (χ3n) is 4.81. The summed E-state index contributed by atoms with van der Waals surface area (Å²) in [6.45, 7) is 3.74. The minimum absolute atomic E-state index is 0.160. The van der Waals surface area contributed by atoms with E-state index in [1.807, 2.05) is 0 Å². The highest BCUT2D eigenvalue weighted by Gasteiger charge is 2.26. The second-order valence-electron chi connectivity index (χ2n) is 6.73. The van der Waals surface area contributed by atoms with E-state index in [1.54, 1.807) is 31.2 Å². The van der Waals surface area contributed by atoms with Crippen molar-refractivity contribution in [3.05, 3.63) is 36.2 Å². The first-order valence-electron chi connectivity index (χ1n) is 8.89. The van der Waals surface area contributed by atoms with Crippen molar-refractivity contribution in [2.24, 2.45) is 5.92 Å². The largest absolute Gasteiger partial charge is 0.449 e. The predicted octanol–water partition coefficient (Wildman–Crippen LogP) is 1.90. The van der Waals surface area contributed by atoms with Crippen LogP contribution in [0, 0.1) is 5.92 Å². The Morgan fingerprint density at radius 1 is 1.23 bits per heavy atom. The second-order valence-corrected chi connectivity index (χ2v) is 6.73. The molecule has 2 aromatic rings. The van der Waals surface area contributed by atoms with Gasteiger partial charge in [0, 0.05) is 6.04 Å². The molecule has 0 aliphatic heterocycles. The lowest BCUT2D eigenvalue weighted by molar-refractivity contribution is -0.130. The maximum absolute atomic E-state index is 12.3. The van der Waals surface area contributed by atoms with E-state index in [1.165, 1.54) is 17.4 Å². The van der Waals surface area contributed by atoms with Gasteiger partial charge in [-0.15, -0.1) is 5.10 Å². The van der Waals surface area contributed by atoms with Gasteiger partial charge in [0.1, 0.15) is 6.33 Å². The zero-order chi connectivity index (χ0) is 18.5. The molecule has 1 heterocycles. The molecule has 1 aliphatic carbocycles. The molecule has 1 amide bonds. The van der Waals surface area contributed by atoms with Crippen LogP contribution >= 0.6 is 0 Å². The van der Waals surface area contributed by atoms with E-state index < -0.39 is 12.1 Å². The number of esters is 1.